The van der Waals surface area contributed by atoms with E-state index in [4.69, 9.17) is 9.84 Å². The summed E-state index contributed by atoms with van der Waals surface area (Å²) in [6, 6.07) is 15.5. The molecule has 0 atom stereocenters. The van der Waals surface area contributed by atoms with Crippen molar-refractivity contribution < 1.29 is 19.5 Å². The van der Waals surface area contributed by atoms with Crippen LogP contribution in [-0.2, 0) is 9.63 Å². The van der Waals surface area contributed by atoms with Gasteiger partial charge in [0, 0.05) is 0 Å². The third kappa shape index (κ3) is 6.96. The van der Waals surface area contributed by atoms with E-state index in [-0.39, 0.29) is 0 Å². The molecule has 0 saturated carbocycles. The minimum atomic E-state index is -1.07. The van der Waals surface area contributed by atoms with Crippen molar-refractivity contribution in [2.24, 2.45) is 5.16 Å². The fraction of sp³-hybridized carbons (Fsp3) is 0.130. The highest BCUT2D eigenvalue weighted by Gasteiger charge is 2.02. The van der Waals surface area contributed by atoms with Gasteiger partial charge in [-0.15, -0.1) is 0 Å². The van der Waals surface area contributed by atoms with Crippen LogP contribution in [0.1, 0.15) is 12.5 Å². The number of carboxylic acid groups (broad SMARTS) is 1. The van der Waals surface area contributed by atoms with Crippen molar-refractivity contribution in [3.05, 3.63) is 90.6 Å². The van der Waals surface area contributed by atoms with Crippen LogP contribution in [0.4, 0.5) is 0 Å². The Labute approximate surface area is 164 Å². The molecule has 0 unspecified atom stereocenters. The van der Waals surface area contributed by atoms with Crippen molar-refractivity contribution in [2.75, 3.05) is 13.2 Å². The number of benzene rings is 2. The summed E-state index contributed by atoms with van der Waals surface area (Å²) in [6.07, 6.45) is 9.12. The highest BCUT2D eigenvalue weighted by Crippen LogP contribution is 2.24. The summed E-state index contributed by atoms with van der Waals surface area (Å²) in [5.41, 5.74) is 3.78. The Hall–Kier alpha value is -3.60. The second-order valence-electron chi connectivity index (χ2n) is 5.82. The molecule has 0 saturated heterocycles. The maximum atomic E-state index is 10.4. The first-order valence-corrected chi connectivity index (χ1v) is 8.77. The normalized spacial score (nSPS) is 11.7. The van der Waals surface area contributed by atoms with E-state index < -0.39 is 12.6 Å². The van der Waals surface area contributed by atoms with Gasteiger partial charge < -0.3 is 14.7 Å². The highest BCUT2D eigenvalue weighted by atomic mass is 16.6. The topological polar surface area (TPSA) is 68.1 Å². The first-order chi connectivity index (χ1) is 13.6. The van der Waals surface area contributed by atoms with Crippen LogP contribution >= 0.6 is 0 Å². The minimum Gasteiger partial charge on any atom is -0.489 e. The molecule has 0 bridgehead atoms. The molecule has 0 spiro atoms. The second kappa shape index (κ2) is 11.2. The first kappa shape index (κ1) is 20.7. The van der Waals surface area contributed by atoms with Gasteiger partial charge in [-0.05, 0) is 47.4 Å². The van der Waals surface area contributed by atoms with Gasteiger partial charge in [-0.1, -0.05) is 66.4 Å². The summed E-state index contributed by atoms with van der Waals surface area (Å²) in [4.78, 5) is 15.1. The lowest BCUT2D eigenvalue weighted by Crippen LogP contribution is -2.03. The zero-order chi connectivity index (χ0) is 20.2. The molecule has 0 aliphatic carbocycles. The Kier molecular flexibility index (Phi) is 8.27. The molecule has 0 aromatic heterocycles. The van der Waals surface area contributed by atoms with Gasteiger partial charge in [0.25, 0.3) is 0 Å². The van der Waals surface area contributed by atoms with E-state index >= 15 is 0 Å². The molecule has 2 aromatic carbocycles. The summed E-state index contributed by atoms with van der Waals surface area (Å²) in [6.45, 7) is 5.73. The van der Waals surface area contributed by atoms with Gasteiger partial charge in [0.1, 0.15) is 12.4 Å². The van der Waals surface area contributed by atoms with Crippen LogP contribution < -0.4 is 4.74 Å². The van der Waals surface area contributed by atoms with Crippen molar-refractivity contribution in [2.45, 2.75) is 6.92 Å². The number of hydrogen-bond acceptors (Lipinski definition) is 4. The number of aliphatic carboxylic acids is 1. The van der Waals surface area contributed by atoms with Crippen molar-refractivity contribution in [3.63, 3.8) is 0 Å². The van der Waals surface area contributed by atoms with Gasteiger partial charge in [0.2, 0.25) is 6.61 Å². The van der Waals surface area contributed by atoms with Gasteiger partial charge in [-0.25, -0.2) is 4.79 Å². The fourth-order valence-corrected chi connectivity index (χ4v) is 2.32. The molecule has 2 rings (SSSR count). The standard InChI is InChI=1S/C23H23NO4/c1-3-5-8-18(4-2)16-27-22-12-7-11-21(14-22)20-10-6-9-19(13-20)15-24-28-17-23(25)26/h3-15H,2,16-17H2,1H3,(H,25,26)/b5-3-,18-8+,24-15-. The summed E-state index contributed by atoms with van der Waals surface area (Å²) in [5, 5.41) is 12.2. The minimum absolute atomic E-state index is 0.435. The average molecular weight is 377 g/mol. The molecule has 144 valence electrons. The van der Waals surface area contributed by atoms with Crippen molar-refractivity contribution in [1.29, 1.82) is 0 Å². The number of allylic oxidation sites excluding steroid dienone is 3. The number of oxime groups is 1. The van der Waals surface area contributed by atoms with E-state index in [1.54, 1.807) is 6.08 Å². The van der Waals surface area contributed by atoms with E-state index in [2.05, 4.69) is 16.6 Å². The molecular formula is C23H23NO4. The van der Waals surface area contributed by atoms with E-state index in [0.717, 1.165) is 28.0 Å². The molecule has 0 aliphatic rings. The van der Waals surface area contributed by atoms with E-state index in [1.165, 1.54) is 6.21 Å². The van der Waals surface area contributed by atoms with E-state index in [0.29, 0.717) is 6.61 Å². The quantitative estimate of drug-likeness (QED) is 0.365. The Bertz CT molecular complexity index is 897. The zero-order valence-corrected chi connectivity index (χ0v) is 15.7. The summed E-state index contributed by atoms with van der Waals surface area (Å²) in [5.74, 6) is -0.308. The van der Waals surface area contributed by atoms with Crippen LogP contribution in [0.3, 0.4) is 0 Å². The van der Waals surface area contributed by atoms with Gasteiger partial charge in [-0.3, -0.25) is 0 Å². The van der Waals surface area contributed by atoms with Crippen molar-refractivity contribution >= 4 is 12.2 Å². The SMILES string of the molecule is C=C/C(=C\C=C/C)COc1cccc(-c2cccc(/C=N\OCC(=O)O)c2)c1. The maximum Gasteiger partial charge on any atom is 0.344 e. The molecule has 0 radical (unpaired) electrons. The number of carbonyl (C=O) groups is 1. The van der Waals surface area contributed by atoms with Crippen LogP contribution in [0.15, 0.2) is 90.1 Å². The lowest BCUT2D eigenvalue weighted by molar-refractivity contribution is -0.142. The number of rotatable bonds is 10. The van der Waals surface area contributed by atoms with E-state index in [9.17, 15) is 4.79 Å². The first-order valence-electron chi connectivity index (χ1n) is 8.77. The number of nitrogens with zero attached hydrogens (tertiary/aromatic N) is 1. The molecule has 1 N–H and O–H groups in total. The number of carboxylic acids is 1. The summed E-state index contributed by atoms with van der Waals surface area (Å²) < 4.78 is 5.87. The average Bonchev–Trinajstić information content (AvgIpc) is 2.72. The molecular weight excluding hydrogens is 354 g/mol. The molecule has 5 heteroatoms. The van der Waals surface area contributed by atoms with Crippen LogP contribution in [0.25, 0.3) is 11.1 Å². The number of ether oxygens (including phenoxy) is 1. The smallest absolute Gasteiger partial charge is 0.344 e. The van der Waals surface area contributed by atoms with Crippen molar-refractivity contribution in [1.82, 2.24) is 0 Å². The monoisotopic (exact) mass is 377 g/mol. The zero-order valence-electron chi connectivity index (χ0n) is 15.7. The van der Waals surface area contributed by atoms with Gasteiger partial charge in [0.15, 0.2) is 0 Å². The van der Waals surface area contributed by atoms with Crippen LogP contribution in [0.2, 0.25) is 0 Å². The summed E-state index contributed by atoms with van der Waals surface area (Å²) in [7, 11) is 0. The molecule has 5 nitrogen and oxygen atoms in total. The van der Waals surface area contributed by atoms with Crippen LogP contribution in [-0.4, -0.2) is 30.5 Å². The highest BCUT2D eigenvalue weighted by molar-refractivity contribution is 5.82. The van der Waals surface area contributed by atoms with Gasteiger partial charge in [-0.2, -0.15) is 0 Å². The maximum absolute atomic E-state index is 10.4. The summed E-state index contributed by atoms with van der Waals surface area (Å²) >= 11 is 0. The van der Waals surface area contributed by atoms with Crippen LogP contribution in [0.5, 0.6) is 5.75 Å². The lowest BCUT2D eigenvalue weighted by atomic mass is 10.0. The van der Waals surface area contributed by atoms with Crippen molar-refractivity contribution in [3.8, 4) is 16.9 Å². The molecule has 28 heavy (non-hydrogen) atoms. The fourth-order valence-electron chi connectivity index (χ4n) is 2.32. The third-order valence-electron chi connectivity index (χ3n) is 3.69. The number of hydrogen-bond donors (Lipinski definition) is 1. The molecule has 0 amide bonds. The predicted molar refractivity (Wildman–Crippen MR) is 112 cm³/mol. The van der Waals surface area contributed by atoms with E-state index in [1.807, 2.05) is 73.7 Å². The molecule has 0 heterocycles. The predicted octanol–water partition coefficient (Wildman–Crippen LogP) is 4.86. The third-order valence-corrected chi connectivity index (χ3v) is 3.69. The Morgan fingerprint density at radius 2 is 1.89 bits per heavy atom. The Morgan fingerprint density at radius 3 is 2.61 bits per heavy atom. The lowest BCUT2D eigenvalue weighted by Gasteiger charge is -2.09. The molecule has 0 aliphatic heterocycles. The largest absolute Gasteiger partial charge is 0.489 e. The Morgan fingerprint density at radius 1 is 1.14 bits per heavy atom. The van der Waals surface area contributed by atoms with Gasteiger partial charge in [0.05, 0.1) is 6.21 Å². The van der Waals surface area contributed by atoms with Gasteiger partial charge >= 0.3 is 5.97 Å². The Balaban J connectivity index is 2.09. The molecule has 0 fully saturated rings. The molecule has 2 aromatic rings. The second-order valence-corrected chi connectivity index (χ2v) is 5.82. The van der Waals surface area contributed by atoms with Crippen LogP contribution in [0, 0.1) is 0 Å².